The number of hydrogen-bond acceptors (Lipinski definition) is 6. The Hall–Kier alpha value is -3.53. The summed E-state index contributed by atoms with van der Waals surface area (Å²) in [5.41, 5.74) is 0.0727. The molecule has 0 saturated carbocycles. The minimum absolute atomic E-state index is 0.0639. The van der Waals surface area contributed by atoms with Crippen molar-refractivity contribution in [3.63, 3.8) is 0 Å². The molecular weight excluding hydrogens is 361 g/mol. The fraction of sp³-hybridized carbons (Fsp3) is 0.176. The number of hydrogen-bond donors (Lipinski definition) is 1. The van der Waals surface area contributed by atoms with Crippen LogP contribution in [0.2, 0.25) is 0 Å². The van der Waals surface area contributed by atoms with Gasteiger partial charge in [-0.25, -0.2) is 9.18 Å². The van der Waals surface area contributed by atoms with Crippen molar-refractivity contribution in [2.45, 2.75) is 0 Å². The molecule has 9 nitrogen and oxygen atoms in total. The second-order valence-electron chi connectivity index (χ2n) is 5.53. The van der Waals surface area contributed by atoms with Crippen molar-refractivity contribution in [3.05, 3.63) is 58.4 Å². The summed E-state index contributed by atoms with van der Waals surface area (Å²) in [6.07, 6.45) is -0.960. The fourth-order valence-electron chi connectivity index (χ4n) is 2.44. The van der Waals surface area contributed by atoms with E-state index in [9.17, 15) is 24.1 Å². The van der Waals surface area contributed by atoms with Crippen LogP contribution in [0.25, 0.3) is 0 Å². The lowest BCUT2D eigenvalue weighted by Gasteiger charge is -2.27. The van der Waals surface area contributed by atoms with Gasteiger partial charge < -0.3 is 14.4 Å². The highest BCUT2D eigenvalue weighted by molar-refractivity contribution is 5.95. The lowest BCUT2D eigenvalue weighted by molar-refractivity contribution is -0.384. The molecule has 140 valence electrons. The van der Waals surface area contributed by atoms with Crippen LogP contribution in [0.3, 0.4) is 0 Å². The molecule has 0 radical (unpaired) electrons. The number of carbonyl (C=O) groups excluding carboxylic acids is 2. The molecular formula is C17H14FN3O6. The van der Waals surface area contributed by atoms with Crippen LogP contribution >= 0.6 is 0 Å². The molecule has 1 saturated heterocycles. The number of morpholine rings is 1. The van der Waals surface area contributed by atoms with Gasteiger partial charge in [0.15, 0.2) is 0 Å². The highest BCUT2D eigenvalue weighted by Gasteiger charge is 2.21. The molecule has 0 aromatic heterocycles. The summed E-state index contributed by atoms with van der Waals surface area (Å²) in [4.78, 5) is 35.1. The Labute approximate surface area is 152 Å². The van der Waals surface area contributed by atoms with Crippen molar-refractivity contribution in [2.75, 3.05) is 30.0 Å². The Kier molecular flexibility index (Phi) is 5.27. The predicted molar refractivity (Wildman–Crippen MR) is 92.3 cm³/mol. The minimum Gasteiger partial charge on any atom is -0.410 e. The lowest BCUT2D eigenvalue weighted by Crippen LogP contribution is -2.41. The molecule has 1 fully saturated rings. The number of rotatable bonds is 4. The van der Waals surface area contributed by atoms with Crippen molar-refractivity contribution in [3.8, 4) is 5.75 Å². The Morgan fingerprint density at radius 3 is 2.63 bits per heavy atom. The Morgan fingerprint density at radius 1 is 1.26 bits per heavy atom. The minimum atomic E-state index is -0.960. The molecule has 2 amide bonds. The van der Waals surface area contributed by atoms with Gasteiger partial charge in [0.05, 0.1) is 17.2 Å². The Bertz CT molecular complexity index is 887. The number of ether oxygens (including phenoxy) is 2. The van der Waals surface area contributed by atoms with E-state index in [1.807, 2.05) is 0 Å². The molecule has 0 spiro atoms. The highest BCUT2D eigenvalue weighted by atomic mass is 19.1. The number of nitrogens with one attached hydrogen (secondary N) is 1. The highest BCUT2D eigenvalue weighted by Crippen LogP contribution is 2.24. The predicted octanol–water partition coefficient (Wildman–Crippen LogP) is 2.71. The number of anilines is 2. The van der Waals surface area contributed by atoms with Crippen LogP contribution in [0, 0.1) is 15.9 Å². The van der Waals surface area contributed by atoms with Gasteiger partial charge in [-0.1, -0.05) is 0 Å². The summed E-state index contributed by atoms with van der Waals surface area (Å²) < 4.78 is 24.2. The SMILES string of the molecule is O=C(Nc1ccc(N2CCOCC2=O)cc1F)Oc1ccc([N+](=O)[O-])cc1. The maximum Gasteiger partial charge on any atom is 0.417 e. The second kappa shape index (κ2) is 7.79. The lowest BCUT2D eigenvalue weighted by atomic mass is 10.2. The van der Waals surface area contributed by atoms with Gasteiger partial charge >= 0.3 is 6.09 Å². The van der Waals surface area contributed by atoms with E-state index >= 15 is 0 Å². The quantitative estimate of drug-likeness (QED) is 0.650. The van der Waals surface area contributed by atoms with E-state index in [0.717, 1.165) is 6.07 Å². The molecule has 2 aromatic carbocycles. The van der Waals surface area contributed by atoms with E-state index in [0.29, 0.717) is 18.8 Å². The number of nitro groups is 1. The van der Waals surface area contributed by atoms with Crippen molar-refractivity contribution >= 4 is 29.1 Å². The van der Waals surface area contributed by atoms with Crippen LogP contribution in [-0.4, -0.2) is 36.7 Å². The number of benzene rings is 2. The number of non-ortho nitro benzene ring substituents is 1. The van der Waals surface area contributed by atoms with Crippen LogP contribution in [0.1, 0.15) is 0 Å². The maximum absolute atomic E-state index is 14.3. The first kappa shape index (κ1) is 18.3. The molecule has 10 heteroatoms. The molecule has 0 atom stereocenters. The zero-order valence-electron chi connectivity index (χ0n) is 13.9. The number of halogens is 1. The first-order valence-corrected chi connectivity index (χ1v) is 7.85. The normalized spacial score (nSPS) is 14.0. The third-order valence-corrected chi connectivity index (χ3v) is 3.74. The van der Waals surface area contributed by atoms with E-state index in [1.165, 1.54) is 41.3 Å². The molecule has 1 aliphatic rings. The van der Waals surface area contributed by atoms with Gasteiger partial charge in [-0.05, 0) is 30.3 Å². The van der Waals surface area contributed by atoms with Crippen LogP contribution in [0.15, 0.2) is 42.5 Å². The van der Waals surface area contributed by atoms with Gasteiger partial charge in [-0.2, -0.15) is 0 Å². The summed E-state index contributed by atoms with van der Waals surface area (Å²) in [6, 6.07) is 8.79. The van der Waals surface area contributed by atoms with Crippen molar-refractivity contribution in [1.82, 2.24) is 0 Å². The third-order valence-electron chi connectivity index (χ3n) is 3.74. The molecule has 0 aliphatic carbocycles. The van der Waals surface area contributed by atoms with Crippen LogP contribution in [0.5, 0.6) is 5.75 Å². The smallest absolute Gasteiger partial charge is 0.410 e. The fourth-order valence-corrected chi connectivity index (χ4v) is 2.44. The molecule has 1 heterocycles. The van der Waals surface area contributed by atoms with E-state index < -0.39 is 16.8 Å². The zero-order valence-corrected chi connectivity index (χ0v) is 13.9. The summed E-state index contributed by atoms with van der Waals surface area (Å²) in [5.74, 6) is -0.958. The van der Waals surface area contributed by atoms with Gasteiger partial charge in [0, 0.05) is 24.4 Å². The van der Waals surface area contributed by atoms with Crippen molar-refractivity contribution in [1.29, 1.82) is 0 Å². The summed E-state index contributed by atoms with van der Waals surface area (Å²) in [6.45, 7) is 0.603. The van der Waals surface area contributed by atoms with Crippen LogP contribution in [-0.2, 0) is 9.53 Å². The van der Waals surface area contributed by atoms with Gasteiger partial charge in [-0.15, -0.1) is 0 Å². The first-order chi connectivity index (χ1) is 12.9. The monoisotopic (exact) mass is 375 g/mol. The molecule has 1 N–H and O–H groups in total. The number of carbonyl (C=O) groups is 2. The second-order valence-corrected chi connectivity index (χ2v) is 5.53. The van der Waals surface area contributed by atoms with Crippen LogP contribution in [0.4, 0.5) is 26.2 Å². The van der Waals surface area contributed by atoms with E-state index in [1.54, 1.807) is 0 Å². The molecule has 0 bridgehead atoms. The summed E-state index contributed by atoms with van der Waals surface area (Å²) in [5, 5.41) is 12.8. The maximum atomic E-state index is 14.3. The molecule has 0 unspecified atom stereocenters. The third kappa shape index (κ3) is 4.36. The molecule has 1 aliphatic heterocycles. The molecule has 3 rings (SSSR count). The molecule has 2 aromatic rings. The standard InChI is InChI=1S/C17H14FN3O6/c18-14-9-12(20-7-8-26-10-16(20)22)3-6-15(14)19-17(23)27-13-4-1-11(2-5-13)21(24)25/h1-6,9H,7-8,10H2,(H,19,23). The Balaban J connectivity index is 1.65. The van der Waals surface area contributed by atoms with Gasteiger partial charge in [0.2, 0.25) is 0 Å². The number of nitrogens with zero attached hydrogens (tertiary/aromatic N) is 2. The summed E-state index contributed by atoms with van der Waals surface area (Å²) >= 11 is 0. The first-order valence-electron chi connectivity index (χ1n) is 7.85. The van der Waals surface area contributed by atoms with Gasteiger partial charge in [-0.3, -0.25) is 20.2 Å². The van der Waals surface area contributed by atoms with Gasteiger partial charge in [0.1, 0.15) is 18.2 Å². The molecule has 27 heavy (non-hydrogen) atoms. The average Bonchev–Trinajstić information content (AvgIpc) is 2.64. The van der Waals surface area contributed by atoms with E-state index in [2.05, 4.69) is 5.32 Å². The number of amides is 2. The largest absolute Gasteiger partial charge is 0.417 e. The van der Waals surface area contributed by atoms with E-state index in [4.69, 9.17) is 9.47 Å². The van der Waals surface area contributed by atoms with Crippen molar-refractivity contribution in [2.24, 2.45) is 0 Å². The summed E-state index contributed by atoms with van der Waals surface area (Å²) in [7, 11) is 0. The topological polar surface area (TPSA) is 111 Å². The zero-order chi connectivity index (χ0) is 19.4. The van der Waals surface area contributed by atoms with E-state index in [-0.39, 0.29) is 29.6 Å². The average molecular weight is 375 g/mol. The van der Waals surface area contributed by atoms with Crippen molar-refractivity contribution < 1.29 is 28.4 Å². The van der Waals surface area contributed by atoms with Gasteiger partial charge in [0.25, 0.3) is 11.6 Å². The van der Waals surface area contributed by atoms with Crippen LogP contribution < -0.4 is 15.0 Å². The Morgan fingerprint density at radius 2 is 2.00 bits per heavy atom. The number of nitro benzene ring substituents is 1.